The number of hydrogen-bond donors (Lipinski definition) is 1. The van der Waals surface area contributed by atoms with Gasteiger partial charge in [-0.2, -0.15) is 0 Å². The zero-order valence-corrected chi connectivity index (χ0v) is 6.76. The molecule has 12 heavy (non-hydrogen) atoms. The standard InChI is InChI=1S/C8H10FNO2/c1-6-2-5-12-7(6)8(11)10-4-3-9/h2,5H,3-4H2,1H3,(H,10,11). The average Bonchev–Trinajstić information content (AvgIpc) is 2.47. The molecule has 0 aliphatic carbocycles. The van der Waals surface area contributed by atoms with E-state index in [1.54, 1.807) is 13.0 Å². The van der Waals surface area contributed by atoms with E-state index in [-0.39, 0.29) is 18.2 Å². The van der Waals surface area contributed by atoms with Crippen LogP contribution < -0.4 is 5.32 Å². The number of amides is 1. The molecule has 3 nitrogen and oxygen atoms in total. The summed E-state index contributed by atoms with van der Waals surface area (Å²) >= 11 is 0. The number of halogens is 1. The monoisotopic (exact) mass is 171 g/mol. The van der Waals surface area contributed by atoms with E-state index in [9.17, 15) is 9.18 Å². The Bertz CT molecular complexity index is 270. The van der Waals surface area contributed by atoms with Crippen molar-refractivity contribution in [3.63, 3.8) is 0 Å². The minimum absolute atomic E-state index is 0.0268. The minimum atomic E-state index is -0.564. The molecule has 0 saturated heterocycles. The summed E-state index contributed by atoms with van der Waals surface area (Å²) in [4.78, 5) is 11.1. The maximum Gasteiger partial charge on any atom is 0.287 e. The maximum absolute atomic E-state index is 11.7. The predicted molar refractivity (Wildman–Crippen MR) is 41.8 cm³/mol. The third kappa shape index (κ3) is 1.84. The molecule has 0 fully saturated rings. The van der Waals surface area contributed by atoms with Crippen LogP contribution in [0.2, 0.25) is 0 Å². The molecular formula is C8H10FNO2. The van der Waals surface area contributed by atoms with Crippen molar-refractivity contribution >= 4 is 5.91 Å². The Morgan fingerprint density at radius 1 is 1.75 bits per heavy atom. The molecule has 0 aliphatic rings. The molecule has 0 spiro atoms. The molecule has 1 rings (SSSR count). The summed E-state index contributed by atoms with van der Waals surface area (Å²) in [7, 11) is 0. The van der Waals surface area contributed by atoms with Gasteiger partial charge in [-0.25, -0.2) is 4.39 Å². The first kappa shape index (κ1) is 8.77. The minimum Gasteiger partial charge on any atom is -0.459 e. The second kappa shape index (κ2) is 3.90. The molecular weight excluding hydrogens is 161 g/mol. The predicted octanol–water partition coefficient (Wildman–Crippen LogP) is 1.29. The lowest BCUT2D eigenvalue weighted by Gasteiger charge is -1.99. The summed E-state index contributed by atoms with van der Waals surface area (Å²) in [6.07, 6.45) is 1.43. The van der Waals surface area contributed by atoms with Crippen molar-refractivity contribution in [2.24, 2.45) is 0 Å². The molecule has 0 atom stereocenters. The molecule has 66 valence electrons. The molecule has 0 bridgehead atoms. The summed E-state index contributed by atoms with van der Waals surface area (Å²) in [5, 5.41) is 2.37. The number of aryl methyl sites for hydroxylation is 1. The van der Waals surface area contributed by atoms with Crippen molar-refractivity contribution in [2.45, 2.75) is 6.92 Å². The van der Waals surface area contributed by atoms with Gasteiger partial charge in [-0.1, -0.05) is 0 Å². The molecule has 0 aliphatic heterocycles. The van der Waals surface area contributed by atoms with Gasteiger partial charge in [-0.3, -0.25) is 4.79 Å². The molecule has 1 aromatic rings. The molecule has 0 saturated carbocycles. The third-order valence-electron chi connectivity index (χ3n) is 1.45. The van der Waals surface area contributed by atoms with E-state index in [0.29, 0.717) is 0 Å². The summed E-state index contributed by atoms with van der Waals surface area (Å²) < 4.78 is 16.5. The molecule has 1 N–H and O–H groups in total. The van der Waals surface area contributed by atoms with E-state index in [4.69, 9.17) is 4.42 Å². The third-order valence-corrected chi connectivity index (χ3v) is 1.45. The highest BCUT2D eigenvalue weighted by Crippen LogP contribution is 2.07. The summed E-state index contributed by atoms with van der Waals surface area (Å²) in [6.45, 7) is 1.22. The van der Waals surface area contributed by atoms with Crippen molar-refractivity contribution in [1.82, 2.24) is 5.32 Å². The SMILES string of the molecule is Cc1ccoc1C(=O)NCCF. The van der Waals surface area contributed by atoms with Crippen molar-refractivity contribution in [3.8, 4) is 0 Å². The number of alkyl halides is 1. The zero-order valence-electron chi connectivity index (χ0n) is 6.76. The largest absolute Gasteiger partial charge is 0.459 e. The second-order valence-corrected chi connectivity index (χ2v) is 2.38. The highest BCUT2D eigenvalue weighted by molar-refractivity contribution is 5.92. The normalized spacial score (nSPS) is 9.83. The Kier molecular flexibility index (Phi) is 2.85. The van der Waals surface area contributed by atoms with Crippen molar-refractivity contribution in [1.29, 1.82) is 0 Å². The van der Waals surface area contributed by atoms with Crippen molar-refractivity contribution in [2.75, 3.05) is 13.2 Å². The van der Waals surface area contributed by atoms with Gasteiger partial charge in [0.25, 0.3) is 5.91 Å². The van der Waals surface area contributed by atoms with Crippen LogP contribution in [0, 0.1) is 6.92 Å². The van der Waals surface area contributed by atoms with E-state index >= 15 is 0 Å². The van der Waals surface area contributed by atoms with Crippen LogP contribution in [-0.2, 0) is 0 Å². The number of furan rings is 1. The van der Waals surface area contributed by atoms with Gasteiger partial charge in [0, 0.05) is 12.1 Å². The Labute approximate surface area is 69.6 Å². The van der Waals surface area contributed by atoms with Gasteiger partial charge >= 0.3 is 0 Å². The van der Waals surface area contributed by atoms with Crippen molar-refractivity contribution < 1.29 is 13.6 Å². The van der Waals surface area contributed by atoms with Gasteiger partial charge in [0.2, 0.25) is 0 Å². The van der Waals surface area contributed by atoms with Crippen LogP contribution in [0.4, 0.5) is 4.39 Å². The molecule has 0 aromatic carbocycles. The van der Waals surface area contributed by atoms with Crippen LogP contribution >= 0.6 is 0 Å². The number of hydrogen-bond acceptors (Lipinski definition) is 2. The van der Waals surface area contributed by atoms with Crippen molar-refractivity contribution in [3.05, 3.63) is 23.7 Å². The summed E-state index contributed by atoms with van der Waals surface area (Å²) in [6, 6.07) is 1.68. The summed E-state index contributed by atoms with van der Waals surface area (Å²) in [5.74, 6) is -0.112. The number of carbonyl (C=O) groups is 1. The van der Waals surface area contributed by atoms with Crippen LogP contribution in [0.3, 0.4) is 0 Å². The van der Waals surface area contributed by atoms with E-state index < -0.39 is 6.67 Å². The molecule has 0 unspecified atom stereocenters. The van der Waals surface area contributed by atoms with Gasteiger partial charge in [0.1, 0.15) is 6.67 Å². The van der Waals surface area contributed by atoms with Gasteiger partial charge < -0.3 is 9.73 Å². The van der Waals surface area contributed by atoms with Crippen LogP contribution in [-0.4, -0.2) is 19.1 Å². The quantitative estimate of drug-likeness (QED) is 0.744. The number of rotatable bonds is 3. The van der Waals surface area contributed by atoms with Gasteiger partial charge in [0.05, 0.1) is 6.26 Å². The Balaban J connectivity index is 2.59. The Morgan fingerprint density at radius 2 is 2.50 bits per heavy atom. The molecule has 0 radical (unpaired) electrons. The fraction of sp³-hybridized carbons (Fsp3) is 0.375. The Morgan fingerprint density at radius 3 is 3.00 bits per heavy atom. The molecule has 1 aromatic heterocycles. The van der Waals surface area contributed by atoms with E-state index in [2.05, 4.69) is 5.32 Å². The smallest absolute Gasteiger partial charge is 0.287 e. The zero-order chi connectivity index (χ0) is 8.97. The molecule has 1 heterocycles. The fourth-order valence-electron chi connectivity index (χ4n) is 0.846. The lowest BCUT2D eigenvalue weighted by molar-refractivity contribution is 0.0922. The van der Waals surface area contributed by atoms with E-state index in [1.807, 2.05) is 0 Å². The van der Waals surface area contributed by atoms with E-state index in [1.165, 1.54) is 6.26 Å². The maximum atomic E-state index is 11.7. The lowest BCUT2D eigenvalue weighted by atomic mass is 10.3. The van der Waals surface area contributed by atoms with Gasteiger partial charge in [0.15, 0.2) is 5.76 Å². The van der Waals surface area contributed by atoms with Crippen LogP contribution in [0.25, 0.3) is 0 Å². The second-order valence-electron chi connectivity index (χ2n) is 2.38. The topological polar surface area (TPSA) is 42.2 Å². The first-order valence-electron chi connectivity index (χ1n) is 3.64. The number of nitrogens with one attached hydrogen (secondary N) is 1. The molecule has 1 amide bonds. The number of carbonyl (C=O) groups excluding carboxylic acids is 1. The Hall–Kier alpha value is -1.32. The van der Waals surface area contributed by atoms with Crippen LogP contribution in [0.1, 0.15) is 16.1 Å². The summed E-state index contributed by atoms with van der Waals surface area (Å²) in [5.41, 5.74) is 0.756. The highest BCUT2D eigenvalue weighted by atomic mass is 19.1. The first-order valence-corrected chi connectivity index (χ1v) is 3.64. The molecule has 4 heteroatoms. The van der Waals surface area contributed by atoms with Gasteiger partial charge in [-0.15, -0.1) is 0 Å². The fourth-order valence-corrected chi connectivity index (χ4v) is 0.846. The average molecular weight is 171 g/mol. The highest BCUT2D eigenvalue weighted by Gasteiger charge is 2.10. The van der Waals surface area contributed by atoms with Crippen LogP contribution in [0.5, 0.6) is 0 Å². The van der Waals surface area contributed by atoms with E-state index in [0.717, 1.165) is 5.56 Å². The van der Waals surface area contributed by atoms with Gasteiger partial charge in [-0.05, 0) is 13.0 Å². The first-order chi connectivity index (χ1) is 5.75. The lowest BCUT2D eigenvalue weighted by Crippen LogP contribution is -2.25. The van der Waals surface area contributed by atoms with Crippen LogP contribution in [0.15, 0.2) is 16.7 Å².